The fourth-order valence-electron chi connectivity index (χ4n) is 12.4. The van der Waals surface area contributed by atoms with Gasteiger partial charge in [0.25, 0.3) is 17.7 Å². The van der Waals surface area contributed by atoms with Crippen LogP contribution in [0.15, 0.2) is 95.1 Å². The zero-order valence-electron chi connectivity index (χ0n) is 73.4. The average Bonchev–Trinajstić information content (AvgIpc) is 0.933. The van der Waals surface area contributed by atoms with E-state index in [1.54, 1.807) is 51.5 Å². The Morgan fingerprint density at radius 1 is 0.555 bits per heavy atom. The molecule has 6 heterocycles. The van der Waals surface area contributed by atoms with Gasteiger partial charge >= 0.3 is 0 Å². The van der Waals surface area contributed by atoms with Gasteiger partial charge in [-0.25, -0.2) is 34.9 Å². The molecule has 3 amide bonds. The van der Waals surface area contributed by atoms with E-state index in [-0.39, 0.29) is 43.7 Å². The minimum Gasteiger partial charge on any atom is -0.368 e. The molecule has 1 aliphatic heterocycles. The highest BCUT2D eigenvalue weighted by atomic mass is 79.9. The number of hydrogen-bond acceptors (Lipinski definition) is 27. The van der Waals surface area contributed by atoms with Gasteiger partial charge in [-0.3, -0.25) is 19.5 Å². The number of aryl methyl sites for hydroxylation is 5. The largest absolute Gasteiger partial charge is 0.368 e. The van der Waals surface area contributed by atoms with E-state index in [2.05, 4.69) is 227 Å². The summed E-state index contributed by atoms with van der Waals surface area (Å²) in [4.78, 5) is 82.9. The average molecular weight is 1710 g/mol. The Morgan fingerprint density at radius 3 is 1.42 bits per heavy atom. The van der Waals surface area contributed by atoms with E-state index in [0.717, 1.165) is 94.3 Å². The highest BCUT2D eigenvalue weighted by Crippen LogP contribution is 2.37. The standard InChI is InChI=1S/C27H40N8O.C21H26N8S.C21H28N6O.C18H24BrN5O.3H2/c1-18-10-11-19(25(36)29-5)15-22(18)31-23-21(16-28)24(35(7)17-27(2,3)4)33-26(32-23)30-13-12-20-9-8-14-34(20)6;1-13-7-8-14(17-23-12-24-28-17)9-16(13)25-18-15(10-22)19(27-20(26-18)30-6)29(5)11-21(2,3)4;1-7-17-26-18(24-12-21(3,4)5)15(11-22)19(27-17)25-16-10-14(20(28)23-6)9-8-13(16)2;1-11-6-7-12(17(25)20-5)8-13(11)24-16-14(19)15(22-10-23-16)21-9-18(2,3)4;;;/h10-11,15,20H,8-9,12-14,17H2,1-7H3,(H,29,36)(H2,30,31,32,33);7-9,12H,11H2,1-6H3,(H,23,24,28)(H,25,26,27);8-10H,7,12H2,1-6H3,(H,23,28)(H2,24,25,26,27);6-8,10H,9H2,1-5H3,(H,20,25)(H2,21,22,23,24);3*1H. The van der Waals surface area contributed by atoms with Gasteiger partial charge in [-0.1, -0.05) is 132 Å². The van der Waals surface area contributed by atoms with Gasteiger partial charge in [-0.2, -0.15) is 30.9 Å². The van der Waals surface area contributed by atoms with Crippen molar-refractivity contribution in [2.45, 2.75) is 155 Å². The van der Waals surface area contributed by atoms with Crippen molar-refractivity contribution in [3.63, 3.8) is 0 Å². The maximum atomic E-state index is 12.2. The number of likely N-dealkylation sites (tertiary alicyclic amines) is 1. The van der Waals surface area contributed by atoms with E-state index in [4.69, 9.17) is 9.97 Å². The van der Waals surface area contributed by atoms with E-state index in [9.17, 15) is 30.2 Å². The minimum atomic E-state index is -0.175. The molecule has 32 heteroatoms. The fraction of sp³-hybridized carbons (Fsp3) is 0.448. The molecule has 0 saturated carbocycles. The maximum Gasteiger partial charge on any atom is 0.251 e. The summed E-state index contributed by atoms with van der Waals surface area (Å²) < 4.78 is 0.754. The first-order valence-electron chi connectivity index (χ1n) is 39.5. The third kappa shape index (κ3) is 27.9. The number of H-pyrrole nitrogens is 1. The summed E-state index contributed by atoms with van der Waals surface area (Å²) in [5, 5.41) is 68.3. The van der Waals surface area contributed by atoms with Gasteiger partial charge in [0, 0.05) is 130 Å². The lowest BCUT2D eigenvalue weighted by Crippen LogP contribution is -2.31. The number of hydrogen-bond donors (Lipinski definition) is 11. The van der Waals surface area contributed by atoms with Crippen molar-refractivity contribution in [2.24, 2.45) is 21.7 Å². The molecule has 4 aromatic carbocycles. The Labute approximate surface area is 719 Å². The van der Waals surface area contributed by atoms with E-state index < -0.39 is 0 Å². The number of carbonyl (C=O) groups is 3. The molecule has 1 fully saturated rings. The third-order valence-corrected chi connectivity index (χ3v) is 19.9. The Bertz CT molecular complexity index is 5140. The summed E-state index contributed by atoms with van der Waals surface area (Å²) in [5.41, 5.74) is 11.0. The third-order valence-electron chi connectivity index (χ3n) is 18.6. The van der Waals surface area contributed by atoms with Crippen LogP contribution < -0.4 is 63.0 Å². The SMILES string of the molecule is CCc1nc(NCC(C)(C)C)c(C#N)c(Nc2cc(C(=O)NC)ccc2C)n1.CNC(=O)c1ccc(C)c(Nc2nc(NCCC3CCCN3C)nc(N(C)CC(C)(C)C)c2C#N)c1.CNC(=O)c1ccc(C)c(Nc2ncnc(NCC(C)(C)C)c2Br)c1.CSc1nc(Nc2cc(-c3ncn[nH]3)ccc2C)c(C#N)c(N(C)CC(C)(C)C)n1.[HH].[HH].[HH]. The minimum absolute atomic E-state index is 0. The van der Waals surface area contributed by atoms with Crippen molar-refractivity contribution < 1.29 is 18.7 Å². The van der Waals surface area contributed by atoms with E-state index in [1.165, 1.54) is 37.3 Å². The molecule has 0 bridgehead atoms. The number of carbonyl (C=O) groups excluding carboxylic acids is 3. The number of rotatable bonds is 26. The number of aromatic amines is 1. The quantitative estimate of drug-likeness (QED) is 0.0177. The van der Waals surface area contributed by atoms with Crippen LogP contribution in [0.3, 0.4) is 0 Å². The lowest BCUT2D eigenvalue weighted by molar-refractivity contribution is 0.0955. The van der Waals surface area contributed by atoms with Crippen molar-refractivity contribution in [1.29, 1.82) is 15.8 Å². The highest BCUT2D eigenvalue weighted by Gasteiger charge is 2.27. The van der Waals surface area contributed by atoms with E-state index in [1.807, 2.05) is 107 Å². The van der Waals surface area contributed by atoms with Crippen molar-refractivity contribution in [2.75, 3.05) is 135 Å². The van der Waals surface area contributed by atoms with Crippen LogP contribution in [0.25, 0.3) is 11.4 Å². The van der Waals surface area contributed by atoms with E-state index >= 15 is 0 Å². The molecule has 30 nitrogen and oxygen atoms in total. The molecule has 0 aliphatic carbocycles. The lowest BCUT2D eigenvalue weighted by Gasteiger charge is -2.28. The van der Waals surface area contributed by atoms with Gasteiger partial charge in [-0.15, -0.1) is 0 Å². The summed E-state index contributed by atoms with van der Waals surface area (Å²) in [5.74, 6) is 5.75. The van der Waals surface area contributed by atoms with Crippen LogP contribution in [-0.2, 0) is 6.42 Å². The van der Waals surface area contributed by atoms with E-state index in [0.29, 0.717) is 122 Å². The number of nitrogens with zero attached hydrogens (tertiary/aromatic N) is 16. The highest BCUT2D eigenvalue weighted by molar-refractivity contribution is 9.10. The number of halogens is 1. The first-order chi connectivity index (χ1) is 56.1. The van der Waals surface area contributed by atoms with Gasteiger partial charge in [-0.05, 0) is 169 Å². The van der Waals surface area contributed by atoms with Gasteiger partial charge in [0.2, 0.25) is 5.95 Å². The predicted octanol–water partition coefficient (Wildman–Crippen LogP) is 17.2. The molecule has 10 rings (SSSR count). The molecule has 1 unspecified atom stereocenters. The molecule has 0 radical (unpaired) electrons. The number of benzene rings is 4. The summed E-state index contributed by atoms with van der Waals surface area (Å²) in [7, 11) is 10.9. The molecule has 1 aliphatic rings. The van der Waals surface area contributed by atoms with Gasteiger partial charge in [0.15, 0.2) is 40.1 Å². The first-order valence-corrected chi connectivity index (χ1v) is 41.5. The van der Waals surface area contributed by atoms with Crippen molar-refractivity contribution >= 4 is 121 Å². The monoisotopic (exact) mass is 1710 g/mol. The molecule has 11 N–H and O–H groups in total. The summed E-state index contributed by atoms with van der Waals surface area (Å²) >= 11 is 5.01. The van der Waals surface area contributed by atoms with Crippen molar-refractivity contribution in [1.82, 2.24) is 75.9 Å². The number of aromatic nitrogens is 11. The Balaban J connectivity index is 0.000000342. The van der Waals surface area contributed by atoms with Crippen LogP contribution in [0.1, 0.15) is 189 Å². The van der Waals surface area contributed by atoms with Crippen LogP contribution in [0.5, 0.6) is 0 Å². The van der Waals surface area contributed by atoms with Crippen LogP contribution in [0, 0.1) is 83.3 Å². The molecule has 1 atom stereocenters. The Morgan fingerprint density at radius 2 is 0.992 bits per heavy atom. The smallest absolute Gasteiger partial charge is 0.251 e. The second-order valence-electron chi connectivity index (χ2n) is 34.0. The van der Waals surface area contributed by atoms with Gasteiger partial charge in [0.1, 0.15) is 75.3 Å². The molecule has 0 spiro atoms. The molecular formula is C87H124BrN27O3S. The number of nitrogens with one attached hydrogen (secondary N) is 11. The maximum absolute atomic E-state index is 12.2. The second kappa shape index (κ2) is 42.6. The van der Waals surface area contributed by atoms with Crippen molar-refractivity contribution in [3.05, 3.63) is 151 Å². The zero-order chi connectivity index (χ0) is 87.9. The molecule has 119 heavy (non-hydrogen) atoms. The summed E-state index contributed by atoms with van der Waals surface area (Å²) in [6.07, 6.45) is 9.00. The summed E-state index contributed by atoms with van der Waals surface area (Å²) in [6, 6.07) is 29.6. The Hall–Kier alpha value is -11.8. The number of amides is 3. The topological polar surface area (TPSA) is 397 Å². The fourth-order valence-corrected chi connectivity index (χ4v) is 13.2. The summed E-state index contributed by atoms with van der Waals surface area (Å²) in [6.45, 7) is 40.4. The Kier molecular flexibility index (Phi) is 33.7. The lowest BCUT2D eigenvalue weighted by atomic mass is 9.96. The van der Waals surface area contributed by atoms with Crippen LogP contribution in [-0.4, -0.2) is 172 Å². The normalized spacial score (nSPS) is 12.5. The zero-order valence-corrected chi connectivity index (χ0v) is 75.8. The van der Waals surface area contributed by atoms with Crippen molar-refractivity contribution in [3.8, 4) is 29.6 Å². The number of nitriles is 3. The molecule has 638 valence electrons. The van der Waals surface area contributed by atoms with Gasteiger partial charge in [0.05, 0.1) is 0 Å². The number of anilines is 13. The molecule has 1 saturated heterocycles. The first kappa shape index (κ1) is 94.4. The van der Waals surface area contributed by atoms with Crippen LogP contribution in [0.2, 0.25) is 0 Å². The number of thioether (sulfide) groups is 1. The molecule has 9 aromatic rings. The van der Waals surface area contributed by atoms with Crippen LogP contribution >= 0.6 is 27.7 Å². The van der Waals surface area contributed by atoms with Crippen LogP contribution in [0.4, 0.5) is 75.2 Å². The van der Waals surface area contributed by atoms with Gasteiger partial charge < -0.3 is 67.9 Å². The molecule has 5 aromatic heterocycles. The second-order valence-corrected chi connectivity index (χ2v) is 35.5. The molecular weight excluding hydrogens is 1580 g/mol. The predicted molar refractivity (Wildman–Crippen MR) is 491 cm³/mol.